The number of thiazole rings is 1. The molecule has 0 saturated carbocycles. The van der Waals surface area contributed by atoms with Gasteiger partial charge >= 0.3 is 0 Å². The Morgan fingerprint density at radius 3 is 3.05 bits per heavy atom. The van der Waals surface area contributed by atoms with E-state index in [1.807, 2.05) is 5.51 Å². The second kappa shape index (κ2) is 6.04. The minimum absolute atomic E-state index is 0.443. The Labute approximate surface area is 124 Å². The van der Waals surface area contributed by atoms with Crippen LogP contribution in [0.1, 0.15) is 27.7 Å². The van der Waals surface area contributed by atoms with Crippen molar-refractivity contribution in [1.82, 2.24) is 15.2 Å². The van der Waals surface area contributed by atoms with E-state index in [1.165, 1.54) is 21.7 Å². The van der Waals surface area contributed by atoms with Crippen LogP contribution in [0.5, 0.6) is 0 Å². The molecule has 0 bridgehead atoms. The van der Waals surface area contributed by atoms with Crippen molar-refractivity contribution in [2.45, 2.75) is 25.9 Å². The van der Waals surface area contributed by atoms with Crippen LogP contribution in [0.2, 0.25) is 0 Å². The molecule has 1 aromatic heterocycles. The number of benzene rings is 1. The fourth-order valence-electron chi connectivity index (χ4n) is 2.86. The molecule has 4 heteroatoms. The maximum absolute atomic E-state index is 4.33. The molecule has 1 unspecified atom stereocenters. The quantitative estimate of drug-likeness (QED) is 0.937. The molecule has 0 spiro atoms. The summed E-state index contributed by atoms with van der Waals surface area (Å²) in [6.07, 6.45) is 1.14. The lowest BCUT2D eigenvalue weighted by molar-refractivity contribution is 0.280. The van der Waals surface area contributed by atoms with Crippen molar-refractivity contribution >= 4 is 11.3 Å². The molecule has 0 fully saturated rings. The van der Waals surface area contributed by atoms with Crippen LogP contribution in [0.15, 0.2) is 29.8 Å². The Balaban J connectivity index is 1.68. The highest BCUT2D eigenvalue weighted by Gasteiger charge is 2.20. The topological polar surface area (TPSA) is 28.2 Å². The van der Waals surface area contributed by atoms with Gasteiger partial charge in [0.15, 0.2) is 0 Å². The highest BCUT2D eigenvalue weighted by atomic mass is 32.1. The van der Waals surface area contributed by atoms with E-state index in [-0.39, 0.29) is 0 Å². The molecular weight excluding hydrogens is 266 g/mol. The highest BCUT2D eigenvalue weighted by molar-refractivity contribution is 7.09. The number of fused-ring (bicyclic) bond motifs is 1. The first kappa shape index (κ1) is 13.7. The van der Waals surface area contributed by atoms with E-state index in [0.29, 0.717) is 6.04 Å². The van der Waals surface area contributed by atoms with E-state index in [4.69, 9.17) is 0 Å². The summed E-state index contributed by atoms with van der Waals surface area (Å²) in [7, 11) is 2.19. The highest BCUT2D eigenvalue weighted by Crippen LogP contribution is 2.24. The van der Waals surface area contributed by atoms with Crippen LogP contribution in [-0.2, 0) is 13.0 Å². The van der Waals surface area contributed by atoms with Gasteiger partial charge in [0.2, 0.25) is 0 Å². The first-order valence-electron chi connectivity index (χ1n) is 7.12. The van der Waals surface area contributed by atoms with Gasteiger partial charge in [-0.05, 0) is 38.1 Å². The molecule has 0 amide bonds. The molecule has 1 atom stereocenters. The van der Waals surface area contributed by atoms with E-state index in [1.54, 1.807) is 11.3 Å². The van der Waals surface area contributed by atoms with E-state index >= 15 is 0 Å². The Bertz CT molecular complexity index is 579. The van der Waals surface area contributed by atoms with Crippen LogP contribution < -0.4 is 5.32 Å². The maximum atomic E-state index is 4.33. The molecule has 2 heterocycles. The molecule has 106 valence electrons. The second-order valence-corrected chi connectivity index (χ2v) is 6.45. The number of rotatable bonds is 4. The summed E-state index contributed by atoms with van der Waals surface area (Å²) < 4.78 is 0. The van der Waals surface area contributed by atoms with Gasteiger partial charge in [-0.2, -0.15) is 0 Å². The number of hydrogen-bond acceptors (Lipinski definition) is 4. The van der Waals surface area contributed by atoms with Crippen LogP contribution in [0.25, 0.3) is 0 Å². The number of aryl methyl sites for hydroxylation is 1. The zero-order valence-corrected chi connectivity index (χ0v) is 12.9. The zero-order valence-electron chi connectivity index (χ0n) is 12.1. The Morgan fingerprint density at radius 1 is 1.40 bits per heavy atom. The third-order valence-electron chi connectivity index (χ3n) is 3.97. The van der Waals surface area contributed by atoms with Crippen molar-refractivity contribution in [3.8, 4) is 0 Å². The van der Waals surface area contributed by atoms with Crippen LogP contribution in [-0.4, -0.2) is 30.0 Å². The molecule has 1 aliphatic heterocycles. The summed E-state index contributed by atoms with van der Waals surface area (Å²) in [5, 5.41) is 3.65. The van der Waals surface area contributed by atoms with Crippen LogP contribution in [0, 0.1) is 6.92 Å². The van der Waals surface area contributed by atoms with Crippen molar-refractivity contribution < 1.29 is 0 Å². The van der Waals surface area contributed by atoms with Gasteiger partial charge in [-0.3, -0.25) is 4.90 Å². The van der Waals surface area contributed by atoms with Crippen molar-refractivity contribution in [3.05, 3.63) is 51.5 Å². The van der Waals surface area contributed by atoms with Crippen LogP contribution >= 0.6 is 11.3 Å². The fourth-order valence-corrected chi connectivity index (χ4v) is 3.71. The van der Waals surface area contributed by atoms with E-state index in [2.05, 4.69) is 53.4 Å². The monoisotopic (exact) mass is 287 g/mol. The van der Waals surface area contributed by atoms with Gasteiger partial charge in [-0.15, -0.1) is 11.3 Å². The maximum Gasteiger partial charge on any atom is 0.0798 e. The zero-order chi connectivity index (χ0) is 13.9. The van der Waals surface area contributed by atoms with E-state index < -0.39 is 0 Å². The van der Waals surface area contributed by atoms with Crippen LogP contribution in [0.4, 0.5) is 0 Å². The van der Waals surface area contributed by atoms with Crippen molar-refractivity contribution in [2.24, 2.45) is 0 Å². The molecule has 0 radical (unpaired) electrons. The van der Waals surface area contributed by atoms with Gasteiger partial charge in [0, 0.05) is 24.0 Å². The van der Waals surface area contributed by atoms with Crippen molar-refractivity contribution in [1.29, 1.82) is 0 Å². The first-order valence-corrected chi connectivity index (χ1v) is 8.00. The summed E-state index contributed by atoms with van der Waals surface area (Å²) in [5.41, 5.74) is 6.07. The molecule has 1 aliphatic rings. The van der Waals surface area contributed by atoms with Crippen molar-refractivity contribution in [2.75, 3.05) is 20.1 Å². The Morgan fingerprint density at radius 2 is 2.25 bits per heavy atom. The molecule has 1 N–H and O–H groups in total. The molecule has 20 heavy (non-hydrogen) atoms. The number of nitrogens with zero attached hydrogens (tertiary/aromatic N) is 2. The first-order chi connectivity index (χ1) is 9.74. The van der Waals surface area contributed by atoms with Gasteiger partial charge in [0.25, 0.3) is 0 Å². The number of nitrogens with one attached hydrogen (secondary N) is 1. The average molecular weight is 287 g/mol. The third kappa shape index (κ3) is 2.92. The van der Waals surface area contributed by atoms with Gasteiger partial charge in [0.1, 0.15) is 0 Å². The summed E-state index contributed by atoms with van der Waals surface area (Å²) in [6.45, 7) is 5.19. The number of likely N-dealkylation sites (N-methyl/N-ethyl adjacent to an activating group) is 1. The van der Waals surface area contributed by atoms with Gasteiger partial charge in [0.05, 0.1) is 11.2 Å². The summed E-state index contributed by atoms with van der Waals surface area (Å²) in [6, 6.07) is 9.25. The normalized spacial score (nSPS) is 18.2. The predicted octanol–water partition coefficient (Wildman–Crippen LogP) is 2.77. The standard InChI is InChI=1S/C16H21N3S/c1-12-16(20-11-18-12)10-19(2)9-15-14-6-4-3-5-13(14)7-8-17-15/h3-6,11,15,17H,7-10H2,1-2H3. The minimum atomic E-state index is 0.443. The predicted molar refractivity (Wildman–Crippen MR) is 84.1 cm³/mol. The van der Waals surface area contributed by atoms with Crippen LogP contribution in [0.3, 0.4) is 0 Å². The second-order valence-electron chi connectivity index (χ2n) is 5.51. The molecule has 3 nitrogen and oxygen atoms in total. The summed E-state index contributed by atoms with van der Waals surface area (Å²) >= 11 is 1.75. The summed E-state index contributed by atoms with van der Waals surface area (Å²) in [5.74, 6) is 0. The smallest absolute Gasteiger partial charge is 0.0798 e. The molecule has 1 aromatic carbocycles. The minimum Gasteiger partial charge on any atom is -0.309 e. The number of aromatic nitrogens is 1. The van der Waals surface area contributed by atoms with Gasteiger partial charge in [-0.1, -0.05) is 24.3 Å². The Hall–Kier alpha value is -1.23. The fraction of sp³-hybridized carbons (Fsp3) is 0.438. The Kier molecular flexibility index (Phi) is 4.15. The molecule has 3 rings (SSSR count). The molecule has 0 aliphatic carbocycles. The van der Waals surface area contributed by atoms with E-state index in [0.717, 1.165) is 26.1 Å². The lowest BCUT2D eigenvalue weighted by atomic mass is 9.94. The van der Waals surface area contributed by atoms with Gasteiger partial charge in [-0.25, -0.2) is 4.98 Å². The lowest BCUT2D eigenvalue weighted by Crippen LogP contribution is -2.37. The van der Waals surface area contributed by atoms with E-state index in [9.17, 15) is 0 Å². The van der Waals surface area contributed by atoms with Gasteiger partial charge < -0.3 is 5.32 Å². The SMILES string of the molecule is Cc1ncsc1CN(C)CC1NCCc2ccccc21. The van der Waals surface area contributed by atoms with Crippen molar-refractivity contribution in [3.63, 3.8) is 0 Å². The average Bonchev–Trinajstić information content (AvgIpc) is 2.85. The third-order valence-corrected chi connectivity index (χ3v) is 4.89. The summed E-state index contributed by atoms with van der Waals surface area (Å²) in [4.78, 5) is 8.09. The molecule has 2 aromatic rings. The number of hydrogen-bond donors (Lipinski definition) is 1. The molecular formula is C16H21N3S. The largest absolute Gasteiger partial charge is 0.309 e. The lowest BCUT2D eigenvalue weighted by Gasteiger charge is -2.30. The molecule has 0 saturated heterocycles.